The second-order valence-corrected chi connectivity index (χ2v) is 8.31. The van der Waals surface area contributed by atoms with Crippen LogP contribution >= 0.6 is 0 Å². The number of sulfonamides is 1. The van der Waals surface area contributed by atoms with Gasteiger partial charge in [-0.15, -0.1) is 0 Å². The lowest BCUT2D eigenvalue weighted by Gasteiger charge is -2.26. The Labute approximate surface area is 153 Å². The van der Waals surface area contributed by atoms with Crippen molar-refractivity contribution in [3.63, 3.8) is 0 Å². The number of rotatable bonds is 4. The summed E-state index contributed by atoms with van der Waals surface area (Å²) in [6.07, 6.45) is 0. The van der Waals surface area contributed by atoms with E-state index in [4.69, 9.17) is 4.74 Å². The van der Waals surface area contributed by atoms with Crippen molar-refractivity contribution in [2.24, 2.45) is 0 Å². The van der Waals surface area contributed by atoms with Crippen LogP contribution in [0.1, 0.15) is 21.5 Å². The van der Waals surface area contributed by atoms with E-state index in [2.05, 4.69) is 5.32 Å². The van der Waals surface area contributed by atoms with Crippen LogP contribution in [-0.2, 0) is 14.8 Å². The zero-order valence-corrected chi connectivity index (χ0v) is 15.7. The molecule has 3 rings (SSSR count). The fourth-order valence-corrected chi connectivity index (χ4v) is 4.43. The minimum Gasteiger partial charge on any atom is -0.379 e. The Morgan fingerprint density at radius 3 is 2.35 bits per heavy atom. The van der Waals surface area contributed by atoms with Gasteiger partial charge in [0.1, 0.15) is 0 Å². The van der Waals surface area contributed by atoms with E-state index in [9.17, 15) is 13.2 Å². The summed E-state index contributed by atoms with van der Waals surface area (Å²) in [6.45, 7) is 5.31. The van der Waals surface area contributed by atoms with E-state index in [1.807, 2.05) is 19.9 Å². The predicted octanol–water partition coefficient (Wildman–Crippen LogP) is 2.58. The second kappa shape index (κ2) is 7.57. The van der Waals surface area contributed by atoms with E-state index >= 15 is 0 Å². The van der Waals surface area contributed by atoms with Crippen LogP contribution in [0.5, 0.6) is 0 Å². The summed E-state index contributed by atoms with van der Waals surface area (Å²) in [5, 5.41) is 2.78. The molecule has 0 bridgehead atoms. The van der Waals surface area contributed by atoms with E-state index in [1.54, 1.807) is 24.3 Å². The third-order valence-electron chi connectivity index (χ3n) is 4.18. The summed E-state index contributed by atoms with van der Waals surface area (Å²) in [5.41, 5.74) is 2.99. The van der Waals surface area contributed by atoms with Crippen LogP contribution in [0.15, 0.2) is 47.4 Å². The molecule has 138 valence electrons. The molecule has 0 spiro atoms. The summed E-state index contributed by atoms with van der Waals surface area (Å²) < 4.78 is 32.1. The molecule has 6 nitrogen and oxygen atoms in total. The summed E-state index contributed by atoms with van der Waals surface area (Å²) in [4.78, 5) is 12.7. The fourth-order valence-electron chi connectivity index (χ4n) is 2.98. The van der Waals surface area contributed by atoms with Crippen molar-refractivity contribution in [2.45, 2.75) is 18.7 Å². The first-order chi connectivity index (χ1) is 12.4. The maximum Gasteiger partial charge on any atom is 0.255 e. The van der Waals surface area contributed by atoms with Crippen LogP contribution in [0, 0.1) is 13.8 Å². The molecule has 2 aromatic carbocycles. The summed E-state index contributed by atoms with van der Waals surface area (Å²) >= 11 is 0. The lowest BCUT2D eigenvalue weighted by Crippen LogP contribution is -2.40. The molecule has 1 N–H and O–H groups in total. The Morgan fingerprint density at radius 2 is 1.69 bits per heavy atom. The zero-order chi connectivity index (χ0) is 18.7. The van der Waals surface area contributed by atoms with Crippen molar-refractivity contribution in [3.8, 4) is 0 Å². The summed E-state index contributed by atoms with van der Waals surface area (Å²) in [7, 11) is -3.60. The van der Waals surface area contributed by atoms with Crippen molar-refractivity contribution in [2.75, 3.05) is 31.6 Å². The molecule has 0 saturated carbocycles. The Kier molecular flexibility index (Phi) is 5.41. The Morgan fingerprint density at radius 1 is 1.04 bits per heavy atom. The number of anilines is 1. The van der Waals surface area contributed by atoms with Gasteiger partial charge in [0.05, 0.1) is 18.1 Å². The highest BCUT2D eigenvalue weighted by Crippen LogP contribution is 2.21. The molecule has 1 amide bonds. The predicted molar refractivity (Wildman–Crippen MR) is 99.9 cm³/mol. The molecule has 7 heteroatoms. The molecular formula is C19H22N2O4S. The highest BCUT2D eigenvalue weighted by atomic mass is 32.2. The molecule has 0 aromatic heterocycles. The molecular weight excluding hydrogens is 352 g/mol. The van der Waals surface area contributed by atoms with Gasteiger partial charge in [0.25, 0.3) is 5.91 Å². The lowest BCUT2D eigenvalue weighted by molar-refractivity contribution is 0.0730. The molecule has 2 aromatic rings. The maximum absolute atomic E-state index is 12.7. The van der Waals surface area contributed by atoms with Gasteiger partial charge in [-0.25, -0.2) is 8.42 Å². The van der Waals surface area contributed by atoms with Crippen LogP contribution in [-0.4, -0.2) is 44.9 Å². The van der Waals surface area contributed by atoms with Gasteiger partial charge in [-0.1, -0.05) is 23.3 Å². The van der Waals surface area contributed by atoms with Gasteiger partial charge < -0.3 is 10.1 Å². The highest BCUT2D eigenvalue weighted by Gasteiger charge is 2.26. The Bertz CT molecular complexity index is 899. The number of nitrogens with one attached hydrogen (secondary N) is 1. The standard InChI is InChI=1S/C19H22N2O4S/c1-14-10-15(2)12-16(11-14)19(22)20-17-4-3-5-18(13-17)26(23,24)21-6-8-25-9-7-21/h3-5,10-13H,6-9H2,1-2H3,(H,20,22). The van der Waals surface area contributed by atoms with Crippen LogP contribution in [0.3, 0.4) is 0 Å². The van der Waals surface area contributed by atoms with Crippen LogP contribution in [0.2, 0.25) is 0 Å². The van der Waals surface area contributed by atoms with Gasteiger partial charge in [-0.2, -0.15) is 4.31 Å². The van der Waals surface area contributed by atoms with Gasteiger partial charge in [0.2, 0.25) is 10.0 Å². The highest BCUT2D eigenvalue weighted by molar-refractivity contribution is 7.89. The number of benzene rings is 2. The van der Waals surface area contributed by atoms with Crippen LogP contribution in [0.4, 0.5) is 5.69 Å². The van der Waals surface area contributed by atoms with E-state index in [0.29, 0.717) is 37.6 Å². The first-order valence-electron chi connectivity index (χ1n) is 8.44. The van der Waals surface area contributed by atoms with E-state index in [-0.39, 0.29) is 10.8 Å². The van der Waals surface area contributed by atoms with E-state index in [1.165, 1.54) is 16.4 Å². The van der Waals surface area contributed by atoms with Crippen molar-refractivity contribution >= 4 is 21.6 Å². The molecule has 1 heterocycles. The largest absolute Gasteiger partial charge is 0.379 e. The molecule has 0 unspecified atom stereocenters. The number of amides is 1. The van der Waals surface area contributed by atoms with Crippen molar-refractivity contribution < 1.29 is 17.9 Å². The average molecular weight is 374 g/mol. The molecule has 1 saturated heterocycles. The van der Waals surface area contributed by atoms with Gasteiger partial charge >= 0.3 is 0 Å². The third kappa shape index (κ3) is 4.12. The molecule has 0 radical (unpaired) electrons. The molecule has 1 fully saturated rings. The average Bonchev–Trinajstić information content (AvgIpc) is 2.62. The van der Waals surface area contributed by atoms with Gasteiger partial charge in [0, 0.05) is 24.3 Å². The third-order valence-corrected chi connectivity index (χ3v) is 6.08. The van der Waals surface area contributed by atoms with Gasteiger partial charge in [-0.05, 0) is 44.2 Å². The summed E-state index contributed by atoms with van der Waals surface area (Å²) in [6, 6.07) is 11.9. The van der Waals surface area contributed by atoms with E-state index < -0.39 is 10.0 Å². The van der Waals surface area contributed by atoms with Crippen molar-refractivity contribution in [1.82, 2.24) is 4.31 Å². The van der Waals surface area contributed by atoms with Gasteiger partial charge in [0.15, 0.2) is 0 Å². The molecule has 0 aliphatic carbocycles. The first-order valence-corrected chi connectivity index (χ1v) is 9.88. The lowest BCUT2D eigenvalue weighted by atomic mass is 10.1. The first kappa shape index (κ1) is 18.6. The van der Waals surface area contributed by atoms with E-state index in [0.717, 1.165) is 11.1 Å². The minimum absolute atomic E-state index is 0.164. The molecule has 1 aliphatic heterocycles. The minimum atomic E-state index is -3.60. The van der Waals surface area contributed by atoms with Crippen molar-refractivity contribution in [3.05, 3.63) is 59.2 Å². The number of morpholine rings is 1. The van der Waals surface area contributed by atoms with Crippen molar-refractivity contribution in [1.29, 1.82) is 0 Å². The Balaban J connectivity index is 1.82. The number of ether oxygens (including phenoxy) is 1. The number of nitrogens with zero attached hydrogens (tertiary/aromatic N) is 1. The normalized spacial score (nSPS) is 15.6. The number of aryl methyl sites for hydroxylation is 2. The topological polar surface area (TPSA) is 75.7 Å². The maximum atomic E-state index is 12.7. The number of carbonyl (C=O) groups is 1. The summed E-state index contributed by atoms with van der Waals surface area (Å²) in [5.74, 6) is -0.266. The number of hydrogen-bond acceptors (Lipinski definition) is 4. The number of carbonyl (C=O) groups excluding carboxylic acids is 1. The zero-order valence-electron chi connectivity index (χ0n) is 14.9. The van der Waals surface area contributed by atoms with Crippen LogP contribution < -0.4 is 5.32 Å². The monoisotopic (exact) mass is 374 g/mol. The number of hydrogen-bond donors (Lipinski definition) is 1. The fraction of sp³-hybridized carbons (Fsp3) is 0.316. The van der Waals surface area contributed by atoms with Gasteiger partial charge in [-0.3, -0.25) is 4.79 Å². The molecule has 0 atom stereocenters. The van der Waals surface area contributed by atoms with Crippen LogP contribution in [0.25, 0.3) is 0 Å². The molecule has 1 aliphatic rings. The molecule has 26 heavy (non-hydrogen) atoms. The quantitative estimate of drug-likeness (QED) is 0.892. The second-order valence-electron chi connectivity index (χ2n) is 6.37. The SMILES string of the molecule is Cc1cc(C)cc(C(=O)Nc2cccc(S(=O)(=O)N3CCOCC3)c2)c1. The smallest absolute Gasteiger partial charge is 0.255 e. The Hall–Kier alpha value is -2.22.